The number of nitrogens with zero attached hydrogens (tertiary/aromatic N) is 4. The summed E-state index contributed by atoms with van der Waals surface area (Å²) in [5.41, 5.74) is 2.42. The molecule has 1 atom stereocenters. The molecule has 3 heterocycles. The second-order valence-corrected chi connectivity index (χ2v) is 6.65. The maximum atomic E-state index is 14.2. The van der Waals surface area contributed by atoms with Gasteiger partial charge in [-0.15, -0.1) is 0 Å². The van der Waals surface area contributed by atoms with Gasteiger partial charge in [-0.2, -0.15) is 5.26 Å². The van der Waals surface area contributed by atoms with E-state index >= 15 is 0 Å². The highest BCUT2D eigenvalue weighted by molar-refractivity contribution is 5.95. The van der Waals surface area contributed by atoms with Gasteiger partial charge in [0.05, 0.1) is 11.8 Å². The summed E-state index contributed by atoms with van der Waals surface area (Å²) in [5.74, 6) is -0.524. The third-order valence-corrected chi connectivity index (χ3v) is 4.92. The Morgan fingerprint density at radius 1 is 1.31 bits per heavy atom. The number of amides is 1. The third-order valence-electron chi connectivity index (χ3n) is 4.92. The lowest BCUT2D eigenvalue weighted by molar-refractivity contribution is 0.0934. The lowest BCUT2D eigenvalue weighted by atomic mass is 10.1. The van der Waals surface area contributed by atoms with Gasteiger partial charge in [0, 0.05) is 32.2 Å². The van der Waals surface area contributed by atoms with E-state index in [0.717, 1.165) is 6.20 Å². The first kappa shape index (κ1) is 16.3. The van der Waals surface area contributed by atoms with Crippen molar-refractivity contribution < 1.29 is 9.18 Å². The second kappa shape index (κ2) is 6.64. The highest BCUT2D eigenvalue weighted by Gasteiger charge is 2.26. The Kier molecular flexibility index (Phi) is 4.17. The first-order chi connectivity index (χ1) is 12.6. The number of likely N-dealkylation sites (tertiary alicyclic amines) is 1. The van der Waals surface area contributed by atoms with E-state index in [2.05, 4.69) is 28.6 Å². The number of hydrogen-bond acceptors (Lipinski definition) is 5. The summed E-state index contributed by atoms with van der Waals surface area (Å²) in [6, 6.07) is 9.47. The SMILES string of the molecule is N#CN1CC[C@@H](NC(=O)c2cc(N3Cc4ccccc4C3)ncc2F)C1. The Labute approximate surface area is 150 Å². The van der Waals surface area contributed by atoms with Crippen molar-refractivity contribution in [3.05, 3.63) is 59.0 Å². The maximum Gasteiger partial charge on any atom is 0.254 e. The average Bonchev–Trinajstić information content (AvgIpc) is 3.28. The van der Waals surface area contributed by atoms with E-state index in [9.17, 15) is 9.18 Å². The van der Waals surface area contributed by atoms with Crippen LogP contribution < -0.4 is 10.2 Å². The van der Waals surface area contributed by atoms with Crippen LogP contribution in [0.3, 0.4) is 0 Å². The average molecular weight is 351 g/mol. The van der Waals surface area contributed by atoms with Crippen LogP contribution in [0.25, 0.3) is 0 Å². The number of fused-ring (bicyclic) bond motifs is 1. The van der Waals surface area contributed by atoms with E-state index in [1.165, 1.54) is 17.2 Å². The van der Waals surface area contributed by atoms with Gasteiger partial charge < -0.3 is 15.1 Å². The number of anilines is 1. The van der Waals surface area contributed by atoms with Crippen molar-refractivity contribution in [2.75, 3.05) is 18.0 Å². The van der Waals surface area contributed by atoms with Gasteiger partial charge in [0.1, 0.15) is 5.82 Å². The number of rotatable bonds is 3. The second-order valence-electron chi connectivity index (χ2n) is 6.65. The molecule has 1 aromatic carbocycles. The number of nitrogens with one attached hydrogen (secondary N) is 1. The van der Waals surface area contributed by atoms with Gasteiger partial charge in [-0.1, -0.05) is 24.3 Å². The standard InChI is InChI=1S/C19H18FN5O/c20-17-8-22-18(25-9-13-3-1-2-4-14(13)10-25)7-16(17)19(26)23-15-5-6-24(11-15)12-21/h1-4,7-8,15H,5-6,9-11H2,(H,23,26)/t15-/m1/s1. The third kappa shape index (κ3) is 3.06. The first-order valence-corrected chi connectivity index (χ1v) is 8.57. The molecular weight excluding hydrogens is 333 g/mol. The van der Waals surface area contributed by atoms with E-state index in [1.807, 2.05) is 17.0 Å². The number of pyridine rings is 1. The monoisotopic (exact) mass is 351 g/mol. The molecule has 26 heavy (non-hydrogen) atoms. The molecule has 1 N–H and O–H groups in total. The summed E-state index contributed by atoms with van der Waals surface area (Å²) < 4.78 is 14.2. The zero-order chi connectivity index (χ0) is 18.1. The summed E-state index contributed by atoms with van der Waals surface area (Å²) in [6.07, 6.45) is 3.85. The fourth-order valence-corrected chi connectivity index (χ4v) is 3.50. The minimum atomic E-state index is -0.641. The Morgan fingerprint density at radius 3 is 2.69 bits per heavy atom. The molecular formula is C19H18FN5O. The van der Waals surface area contributed by atoms with Crippen molar-refractivity contribution in [3.8, 4) is 6.19 Å². The lowest BCUT2D eigenvalue weighted by Crippen LogP contribution is -2.37. The fourth-order valence-electron chi connectivity index (χ4n) is 3.50. The van der Waals surface area contributed by atoms with Crippen LogP contribution >= 0.6 is 0 Å². The zero-order valence-electron chi connectivity index (χ0n) is 14.2. The molecule has 4 rings (SSSR count). The molecule has 0 spiro atoms. The highest BCUT2D eigenvalue weighted by atomic mass is 19.1. The predicted molar refractivity (Wildman–Crippen MR) is 93.6 cm³/mol. The number of carbonyl (C=O) groups excluding carboxylic acids is 1. The molecule has 1 aromatic heterocycles. The van der Waals surface area contributed by atoms with Crippen LogP contribution in [-0.2, 0) is 13.1 Å². The van der Waals surface area contributed by atoms with Crippen molar-refractivity contribution in [3.63, 3.8) is 0 Å². The molecule has 0 unspecified atom stereocenters. The molecule has 6 nitrogen and oxygen atoms in total. The number of halogens is 1. The number of carbonyl (C=O) groups is 1. The van der Waals surface area contributed by atoms with Crippen molar-refractivity contribution in [2.24, 2.45) is 0 Å². The Morgan fingerprint density at radius 2 is 2.04 bits per heavy atom. The van der Waals surface area contributed by atoms with Gasteiger partial charge >= 0.3 is 0 Å². The normalized spacial score (nSPS) is 18.5. The van der Waals surface area contributed by atoms with Crippen molar-refractivity contribution in [2.45, 2.75) is 25.6 Å². The van der Waals surface area contributed by atoms with E-state index in [-0.39, 0.29) is 11.6 Å². The number of aromatic nitrogens is 1. The summed E-state index contributed by atoms with van der Waals surface area (Å²) in [7, 11) is 0. The number of hydrogen-bond donors (Lipinski definition) is 1. The Bertz CT molecular complexity index is 869. The minimum absolute atomic E-state index is 0.0126. The first-order valence-electron chi connectivity index (χ1n) is 8.57. The smallest absolute Gasteiger partial charge is 0.254 e. The van der Waals surface area contributed by atoms with Crippen molar-refractivity contribution in [1.82, 2.24) is 15.2 Å². The molecule has 1 saturated heterocycles. The molecule has 2 aliphatic heterocycles. The van der Waals surface area contributed by atoms with E-state index < -0.39 is 11.7 Å². The Balaban J connectivity index is 1.50. The minimum Gasteiger partial charge on any atom is -0.348 e. The van der Waals surface area contributed by atoms with Gasteiger partial charge in [0.15, 0.2) is 12.0 Å². The van der Waals surface area contributed by atoms with Crippen LogP contribution in [0.2, 0.25) is 0 Å². The van der Waals surface area contributed by atoms with E-state index in [0.29, 0.717) is 38.4 Å². The quantitative estimate of drug-likeness (QED) is 0.857. The topological polar surface area (TPSA) is 72.3 Å². The molecule has 2 aliphatic rings. The molecule has 132 valence electrons. The lowest BCUT2D eigenvalue weighted by Gasteiger charge is -2.18. The number of nitriles is 1. The summed E-state index contributed by atoms with van der Waals surface area (Å²) in [6.45, 7) is 2.45. The number of benzene rings is 1. The maximum absolute atomic E-state index is 14.2. The molecule has 0 radical (unpaired) electrons. The van der Waals surface area contributed by atoms with Gasteiger partial charge in [-0.25, -0.2) is 9.37 Å². The molecule has 7 heteroatoms. The van der Waals surface area contributed by atoms with Crippen LogP contribution in [0, 0.1) is 17.3 Å². The largest absolute Gasteiger partial charge is 0.348 e. The predicted octanol–water partition coefficient (Wildman–Crippen LogP) is 2.03. The van der Waals surface area contributed by atoms with Gasteiger partial charge in [-0.05, 0) is 23.6 Å². The molecule has 1 fully saturated rings. The van der Waals surface area contributed by atoms with Gasteiger partial charge in [-0.3, -0.25) is 4.79 Å². The summed E-state index contributed by atoms with van der Waals surface area (Å²) in [5, 5.41) is 11.7. The van der Waals surface area contributed by atoms with E-state index in [1.54, 1.807) is 4.90 Å². The van der Waals surface area contributed by atoms with Crippen LogP contribution in [0.1, 0.15) is 27.9 Å². The molecule has 2 aromatic rings. The van der Waals surface area contributed by atoms with Crippen molar-refractivity contribution >= 4 is 11.7 Å². The van der Waals surface area contributed by atoms with Crippen molar-refractivity contribution in [1.29, 1.82) is 5.26 Å². The molecule has 1 amide bonds. The van der Waals surface area contributed by atoms with Crippen LogP contribution in [0.15, 0.2) is 36.5 Å². The van der Waals surface area contributed by atoms with Crippen LogP contribution in [-0.4, -0.2) is 34.9 Å². The molecule has 0 saturated carbocycles. The zero-order valence-corrected chi connectivity index (χ0v) is 14.2. The summed E-state index contributed by atoms with van der Waals surface area (Å²) in [4.78, 5) is 20.3. The van der Waals surface area contributed by atoms with Crippen LogP contribution in [0.4, 0.5) is 10.2 Å². The molecule has 0 aliphatic carbocycles. The Hall–Kier alpha value is -3.14. The van der Waals surface area contributed by atoms with Gasteiger partial charge in [0.2, 0.25) is 0 Å². The molecule has 0 bridgehead atoms. The summed E-state index contributed by atoms with van der Waals surface area (Å²) >= 11 is 0. The fraction of sp³-hybridized carbons (Fsp3) is 0.316. The van der Waals surface area contributed by atoms with Crippen LogP contribution in [0.5, 0.6) is 0 Å². The van der Waals surface area contributed by atoms with E-state index in [4.69, 9.17) is 5.26 Å². The van der Waals surface area contributed by atoms with Gasteiger partial charge in [0.25, 0.3) is 5.91 Å². The highest BCUT2D eigenvalue weighted by Crippen LogP contribution is 2.27.